The second kappa shape index (κ2) is 6.19. The Morgan fingerprint density at radius 3 is 2.74 bits per heavy atom. The van der Waals surface area contributed by atoms with Gasteiger partial charge in [-0.05, 0) is 25.0 Å². The quantitative estimate of drug-likeness (QED) is 0.633. The van der Waals surface area contributed by atoms with Gasteiger partial charge in [-0.15, -0.1) is 0 Å². The molecule has 0 amide bonds. The van der Waals surface area contributed by atoms with Crippen LogP contribution >= 0.6 is 15.9 Å². The molecule has 3 atom stereocenters. The lowest BCUT2D eigenvalue weighted by Crippen LogP contribution is -2.41. The summed E-state index contributed by atoms with van der Waals surface area (Å²) >= 11 is 3.41. The van der Waals surface area contributed by atoms with Gasteiger partial charge in [0.15, 0.2) is 0 Å². The van der Waals surface area contributed by atoms with Gasteiger partial charge in [-0.25, -0.2) is 4.79 Å². The normalized spacial score (nSPS) is 26.6. The van der Waals surface area contributed by atoms with Gasteiger partial charge in [-0.1, -0.05) is 41.1 Å². The van der Waals surface area contributed by atoms with E-state index in [1.807, 2.05) is 13.0 Å². The van der Waals surface area contributed by atoms with Crippen LogP contribution in [0.25, 0.3) is 0 Å². The first kappa shape index (κ1) is 14.1. The molecule has 4 nitrogen and oxygen atoms in total. The van der Waals surface area contributed by atoms with Crippen molar-refractivity contribution in [2.24, 2.45) is 5.92 Å². The van der Waals surface area contributed by atoms with Gasteiger partial charge < -0.3 is 9.47 Å². The summed E-state index contributed by atoms with van der Waals surface area (Å²) in [6.45, 7) is 1.93. The van der Waals surface area contributed by atoms with Crippen LogP contribution in [-0.4, -0.2) is 23.1 Å². The largest absolute Gasteiger partial charge is 0.424 e. The molecule has 0 N–H and O–H groups in total. The van der Waals surface area contributed by atoms with Crippen LogP contribution < -0.4 is 0 Å². The first-order valence-electron chi connectivity index (χ1n) is 6.22. The van der Waals surface area contributed by atoms with E-state index in [2.05, 4.69) is 15.9 Å². The second-order valence-electron chi connectivity index (χ2n) is 4.43. The van der Waals surface area contributed by atoms with E-state index in [1.54, 1.807) is 24.3 Å². The zero-order valence-electron chi connectivity index (χ0n) is 10.5. The number of ether oxygens (including phenoxy) is 2. The molecule has 1 fully saturated rings. The highest BCUT2D eigenvalue weighted by Crippen LogP contribution is 2.29. The molecule has 1 aromatic carbocycles. The highest BCUT2D eigenvalue weighted by atomic mass is 79.9. The monoisotopic (exact) mass is 326 g/mol. The Morgan fingerprint density at radius 1 is 1.42 bits per heavy atom. The third kappa shape index (κ3) is 3.35. The maximum Gasteiger partial charge on any atom is 0.341 e. The molecule has 2 unspecified atom stereocenters. The zero-order chi connectivity index (χ0) is 13.8. The summed E-state index contributed by atoms with van der Waals surface area (Å²) in [6.07, 6.45) is 0.477. The Morgan fingerprint density at radius 2 is 2.11 bits per heavy atom. The lowest BCUT2D eigenvalue weighted by atomic mass is 9.98. The number of rotatable bonds is 3. The molecule has 19 heavy (non-hydrogen) atoms. The van der Waals surface area contributed by atoms with Gasteiger partial charge in [-0.3, -0.25) is 4.79 Å². The highest BCUT2D eigenvalue weighted by molar-refractivity contribution is 9.09. The van der Waals surface area contributed by atoms with Gasteiger partial charge in [-0.2, -0.15) is 0 Å². The third-order valence-corrected chi connectivity index (χ3v) is 3.90. The van der Waals surface area contributed by atoms with E-state index in [0.29, 0.717) is 12.0 Å². The Hall–Kier alpha value is -1.36. The van der Waals surface area contributed by atoms with Gasteiger partial charge in [0.2, 0.25) is 0 Å². The van der Waals surface area contributed by atoms with Crippen LogP contribution in [0.4, 0.5) is 0 Å². The van der Waals surface area contributed by atoms with E-state index in [4.69, 9.17) is 9.47 Å². The van der Waals surface area contributed by atoms with Crippen molar-refractivity contribution in [2.75, 3.05) is 0 Å². The molecule has 1 aromatic rings. The Balaban J connectivity index is 2.00. The van der Waals surface area contributed by atoms with E-state index < -0.39 is 12.3 Å². The average Bonchev–Trinajstić information content (AvgIpc) is 2.43. The van der Waals surface area contributed by atoms with Crippen molar-refractivity contribution < 1.29 is 19.1 Å². The first-order valence-corrected chi connectivity index (χ1v) is 7.14. The molecule has 0 aliphatic carbocycles. The Kier molecular flexibility index (Phi) is 4.58. The Bertz CT molecular complexity index is 460. The van der Waals surface area contributed by atoms with Crippen LogP contribution in [0.5, 0.6) is 0 Å². The third-order valence-electron chi connectivity index (χ3n) is 3.10. The molecule has 0 spiro atoms. The molecule has 0 bridgehead atoms. The fourth-order valence-electron chi connectivity index (χ4n) is 1.94. The molecule has 0 saturated carbocycles. The number of hydrogen-bond donors (Lipinski definition) is 0. The molecular weight excluding hydrogens is 312 g/mol. The number of cyclic esters (lactones) is 1. The van der Waals surface area contributed by atoms with Crippen molar-refractivity contribution in [3.8, 4) is 0 Å². The van der Waals surface area contributed by atoms with Crippen molar-refractivity contribution in [1.29, 1.82) is 0 Å². The number of halogens is 1. The van der Waals surface area contributed by atoms with Gasteiger partial charge in [0.25, 0.3) is 6.29 Å². The van der Waals surface area contributed by atoms with E-state index in [-0.39, 0.29) is 16.7 Å². The molecule has 1 heterocycles. The predicted molar refractivity (Wildman–Crippen MR) is 72.9 cm³/mol. The van der Waals surface area contributed by atoms with Crippen LogP contribution in [0, 0.1) is 5.92 Å². The van der Waals surface area contributed by atoms with Crippen LogP contribution in [0.1, 0.15) is 30.1 Å². The first-order chi connectivity index (χ1) is 9.11. The molecule has 5 heteroatoms. The van der Waals surface area contributed by atoms with E-state index in [1.165, 1.54) is 0 Å². The fourth-order valence-corrected chi connectivity index (χ4v) is 2.61. The van der Waals surface area contributed by atoms with Gasteiger partial charge in [0.1, 0.15) is 0 Å². The van der Waals surface area contributed by atoms with Crippen LogP contribution in [0.2, 0.25) is 0 Å². The smallest absolute Gasteiger partial charge is 0.341 e. The number of carbonyl (C=O) groups is 2. The summed E-state index contributed by atoms with van der Waals surface area (Å²) in [4.78, 5) is 23.4. The van der Waals surface area contributed by atoms with Crippen molar-refractivity contribution in [3.63, 3.8) is 0 Å². The lowest BCUT2D eigenvalue weighted by Gasteiger charge is -2.31. The van der Waals surface area contributed by atoms with Crippen molar-refractivity contribution in [2.45, 2.75) is 30.9 Å². The number of esters is 2. The highest BCUT2D eigenvalue weighted by Gasteiger charge is 2.37. The zero-order valence-corrected chi connectivity index (χ0v) is 12.1. The van der Waals surface area contributed by atoms with E-state index >= 15 is 0 Å². The molecule has 1 saturated heterocycles. The van der Waals surface area contributed by atoms with Crippen molar-refractivity contribution >= 4 is 27.9 Å². The fraction of sp³-hybridized carbons (Fsp3) is 0.429. The van der Waals surface area contributed by atoms with Gasteiger partial charge in [0, 0.05) is 0 Å². The maximum absolute atomic E-state index is 11.9. The van der Waals surface area contributed by atoms with Crippen LogP contribution in [0.3, 0.4) is 0 Å². The number of carbonyl (C=O) groups excluding carboxylic acids is 2. The number of hydrogen-bond acceptors (Lipinski definition) is 4. The van der Waals surface area contributed by atoms with E-state index in [9.17, 15) is 9.59 Å². The van der Waals surface area contributed by atoms with Gasteiger partial charge in [0.05, 0.1) is 16.3 Å². The van der Waals surface area contributed by atoms with Crippen molar-refractivity contribution in [3.05, 3.63) is 35.9 Å². The van der Waals surface area contributed by atoms with Gasteiger partial charge >= 0.3 is 11.9 Å². The summed E-state index contributed by atoms with van der Waals surface area (Å²) in [5, 5.41) is 0. The minimum atomic E-state index is -0.858. The van der Waals surface area contributed by atoms with Crippen molar-refractivity contribution in [1.82, 2.24) is 0 Å². The minimum absolute atomic E-state index is 0.129. The summed E-state index contributed by atoms with van der Waals surface area (Å²) < 4.78 is 10.4. The second-order valence-corrected chi connectivity index (χ2v) is 5.61. The molecule has 0 radical (unpaired) electrons. The molecule has 1 aliphatic heterocycles. The van der Waals surface area contributed by atoms with E-state index in [0.717, 1.165) is 6.42 Å². The molecule has 0 aromatic heterocycles. The average molecular weight is 327 g/mol. The number of benzene rings is 1. The standard InChI is InChI=1S/C14H15BrO4/c1-2-9-8-11(15)14(18-12(9)16)19-13(17)10-6-4-3-5-7-10/h3-7,9,11,14H,2,8H2,1H3/t9?,11?,14-/m1/s1. The minimum Gasteiger partial charge on any atom is -0.424 e. The SMILES string of the molecule is CCC1CC(Br)[C@@H](OC(=O)c2ccccc2)OC1=O. The predicted octanol–water partition coefficient (Wildman–Crippen LogP) is 2.91. The summed E-state index contributed by atoms with van der Waals surface area (Å²) in [6, 6.07) is 8.64. The lowest BCUT2D eigenvalue weighted by molar-refractivity contribution is -0.182. The summed E-state index contributed by atoms with van der Waals surface area (Å²) in [5.74, 6) is -0.919. The Labute approximate surface area is 120 Å². The molecule has 2 rings (SSSR count). The summed E-state index contributed by atoms with van der Waals surface area (Å²) in [5.41, 5.74) is 0.441. The molecule has 1 aliphatic rings. The van der Waals surface area contributed by atoms with Crippen LogP contribution in [-0.2, 0) is 14.3 Å². The maximum atomic E-state index is 11.9. The summed E-state index contributed by atoms with van der Waals surface area (Å²) in [7, 11) is 0. The molecular formula is C14H15BrO4. The number of alkyl halides is 1. The molecule has 102 valence electrons. The topological polar surface area (TPSA) is 52.6 Å². The van der Waals surface area contributed by atoms with Crippen LogP contribution in [0.15, 0.2) is 30.3 Å².